The van der Waals surface area contributed by atoms with Crippen LogP contribution >= 0.6 is 0 Å². The van der Waals surface area contributed by atoms with Crippen LogP contribution in [0.3, 0.4) is 0 Å². The van der Waals surface area contributed by atoms with Crippen LogP contribution in [-0.2, 0) is 25.7 Å². The van der Waals surface area contributed by atoms with E-state index in [9.17, 15) is 0 Å². The molecule has 0 saturated carbocycles. The monoisotopic (exact) mass is 332 g/mol. The van der Waals surface area contributed by atoms with Gasteiger partial charge in [-0.1, -0.05) is 24.3 Å². The summed E-state index contributed by atoms with van der Waals surface area (Å²) in [6.07, 6.45) is 14.6. The molecule has 65 valence electrons. The van der Waals surface area contributed by atoms with Crippen molar-refractivity contribution in [3.05, 3.63) is 44.8 Å². The van der Waals surface area contributed by atoms with Crippen LogP contribution in [0.4, 0.5) is 0 Å². The molecule has 0 bridgehead atoms. The van der Waals surface area contributed by atoms with Crippen LogP contribution in [0.5, 0.6) is 0 Å². The van der Waals surface area contributed by atoms with Gasteiger partial charge in [0.2, 0.25) is 0 Å². The molecule has 0 aromatic carbocycles. The van der Waals surface area contributed by atoms with Crippen molar-refractivity contribution in [2.75, 3.05) is 0 Å². The van der Waals surface area contributed by atoms with Crippen LogP contribution in [0.2, 0.25) is 0 Å². The van der Waals surface area contributed by atoms with E-state index in [0.717, 1.165) is 0 Å². The second-order valence-electron chi connectivity index (χ2n) is 1.25. The third kappa shape index (κ3) is 34.0. The fourth-order valence-electron chi connectivity index (χ4n) is 0.321. The summed E-state index contributed by atoms with van der Waals surface area (Å²) in [5, 5.41) is 0. The third-order valence-corrected chi connectivity index (χ3v) is 0.556. The first-order chi connectivity index (χ1) is 4.91. The molecular weight excluding hydrogens is 320 g/mol. The fourth-order valence-corrected chi connectivity index (χ4v) is 0.321. The van der Waals surface area contributed by atoms with Crippen molar-refractivity contribution < 1.29 is 25.7 Å². The van der Waals surface area contributed by atoms with Crippen molar-refractivity contribution in [2.45, 2.75) is 6.92 Å². The van der Waals surface area contributed by atoms with E-state index in [1.165, 1.54) is 0 Å². The molecule has 0 spiro atoms. The summed E-state index contributed by atoms with van der Waals surface area (Å²) in [6, 6.07) is 0. The molecule has 0 N–H and O–H groups in total. The van der Waals surface area contributed by atoms with Crippen LogP contribution in [0.15, 0.2) is 24.3 Å². The molecule has 2 heteroatoms. The van der Waals surface area contributed by atoms with Crippen LogP contribution in [0.25, 0.3) is 0 Å². The maximum atomic E-state index is 7.50. The predicted molar refractivity (Wildman–Crippen MR) is 47.4 cm³/mol. The van der Waals surface area contributed by atoms with Crippen LogP contribution < -0.4 is 0 Å². The first-order valence-electron chi connectivity index (χ1n) is 2.66. The number of terminal acetylenes is 1. The molecule has 0 aromatic rings. The quantitative estimate of drug-likeness (QED) is 0.369. The minimum Gasteiger partial charge on any atom is -0.358 e. The van der Waals surface area contributed by atoms with Crippen molar-refractivity contribution in [3.8, 4) is 12.3 Å². The van der Waals surface area contributed by atoms with Gasteiger partial charge in [-0.15, -0.1) is 12.3 Å². The summed E-state index contributed by atoms with van der Waals surface area (Å²) in [5.74, 6) is 2.25. The van der Waals surface area contributed by atoms with Crippen molar-refractivity contribution in [1.82, 2.24) is 0 Å². The van der Waals surface area contributed by atoms with E-state index < -0.39 is 0 Å². The summed E-state index contributed by atoms with van der Waals surface area (Å²) in [6.45, 7) is 6.15. The van der Waals surface area contributed by atoms with Crippen LogP contribution in [0, 0.1) is 32.8 Å². The molecule has 1 nitrogen and oxygen atoms in total. The number of hydrogen-bond donors (Lipinski definition) is 0. The Hall–Kier alpha value is -0.532. The average Bonchev–Trinajstić information content (AvgIpc) is 2.48. The minimum atomic E-state index is 0. The van der Waals surface area contributed by atoms with Gasteiger partial charge >= 0.3 is 11.3 Å². The molecule has 0 aromatic heterocycles. The molecule has 1 rings (SSSR count). The first kappa shape index (κ1) is 22.5. The zero-order valence-electron chi connectivity index (χ0n) is 7.28. The maximum absolute atomic E-state index is 7.50. The molecule has 0 heterocycles. The molecule has 12 heavy (non-hydrogen) atoms. The minimum absolute atomic E-state index is 0. The Morgan fingerprint density at radius 2 is 1.42 bits per heavy atom. The van der Waals surface area contributed by atoms with E-state index in [1.807, 2.05) is 30.7 Å². The molecular formula is C10H12OW-. The topological polar surface area (TPSA) is 19.9 Å². The molecule has 0 atom stereocenters. The van der Waals surface area contributed by atoms with Gasteiger partial charge in [0.05, 0.1) is 0 Å². The third-order valence-electron chi connectivity index (χ3n) is 0.556. The Kier molecular flexibility index (Phi) is 58.9. The summed E-state index contributed by atoms with van der Waals surface area (Å²) in [5.41, 5.74) is 0. The smallest absolute Gasteiger partial charge is 0.00506 e. The molecule has 0 unspecified atom stereocenters. The van der Waals surface area contributed by atoms with Crippen LogP contribution in [0.1, 0.15) is 6.92 Å². The van der Waals surface area contributed by atoms with Gasteiger partial charge in [0.1, 0.15) is 0 Å². The molecule has 0 aliphatic heterocycles. The van der Waals surface area contributed by atoms with Crippen molar-refractivity contribution in [1.29, 1.82) is 0 Å². The second-order valence-corrected chi connectivity index (χ2v) is 1.25. The normalized spacial score (nSPS) is 8.17. The Morgan fingerprint density at radius 1 is 1.17 bits per heavy atom. The summed E-state index contributed by atoms with van der Waals surface area (Å²) in [4.78, 5) is 0. The summed E-state index contributed by atoms with van der Waals surface area (Å²) in [7, 11) is 0. The number of hydrogen-bond acceptors (Lipinski definition) is 0. The van der Waals surface area contributed by atoms with Gasteiger partial charge in [0, 0.05) is 27.5 Å². The Balaban J connectivity index is -0.0000000415. The molecule has 1 aliphatic rings. The molecule has 1 radical (unpaired) electrons. The van der Waals surface area contributed by atoms with Gasteiger partial charge in [-0.2, -0.15) is 0 Å². The molecule has 1 aliphatic carbocycles. The van der Waals surface area contributed by atoms with Crippen molar-refractivity contribution in [3.63, 3.8) is 0 Å². The van der Waals surface area contributed by atoms with Crippen molar-refractivity contribution >= 4 is 0 Å². The zero-order chi connectivity index (χ0) is 8.24. The number of rotatable bonds is 0. The molecule has 0 saturated heterocycles. The van der Waals surface area contributed by atoms with Gasteiger partial charge in [0.15, 0.2) is 0 Å². The van der Waals surface area contributed by atoms with E-state index in [-0.39, 0.29) is 28.5 Å². The van der Waals surface area contributed by atoms with Crippen LogP contribution in [-0.4, -0.2) is 0 Å². The van der Waals surface area contributed by atoms with Gasteiger partial charge in [-0.3, -0.25) is 0 Å². The van der Waals surface area contributed by atoms with Gasteiger partial charge < -0.3 is 7.43 Å². The molecule has 0 amide bonds. The largest absolute Gasteiger partial charge is 0.358 e. The number of allylic oxidation sites excluding steroid dienone is 4. The van der Waals surface area contributed by atoms with E-state index >= 15 is 0 Å². The molecule has 0 fully saturated rings. The maximum Gasteiger partial charge on any atom is 0.00506 e. The Bertz CT molecular complexity index is 150. The summed E-state index contributed by atoms with van der Waals surface area (Å²) >= 11 is 0. The average molecular weight is 332 g/mol. The van der Waals surface area contributed by atoms with Gasteiger partial charge in [-0.25, -0.2) is 0 Å². The predicted octanol–water partition coefficient (Wildman–Crippen LogP) is 2.37. The summed E-state index contributed by atoms with van der Waals surface area (Å²) < 4.78 is 7.50. The zero-order valence-corrected chi connectivity index (χ0v) is 10.2. The van der Waals surface area contributed by atoms with E-state index in [4.69, 9.17) is 4.65 Å². The Labute approximate surface area is 89.9 Å². The SMILES string of the molecule is C#CC.[C-]#[O+].[CH3-].[CH]1C=CC=C1.[W]. The van der Waals surface area contributed by atoms with E-state index in [0.29, 0.717) is 0 Å². The second kappa shape index (κ2) is 31.4. The Morgan fingerprint density at radius 3 is 1.50 bits per heavy atom. The first-order valence-corrected chi connectivity index (χ1v) is 2.66. The van der Waals surface area contributed by atoms with Crippen molar-refractivity contribution in [2.24, 2.45) is 0 Å². The van der Waals surface area contributed by atoms with E-state index in [2.05, 4.69) is 19.0 Å². The fraction of sp³-hybridized carbons (Fsp3) is 0.100. The van der Waals surface area contributed by atoms with Gasteiger partial charge in [-0.05, 0) is 6.92 Å². The van der Waals surface area contributed by atoms with Gasteiger partial charge in [0.25, 0.3) is 0 Å². The van der Waals surface area contributed by atoms with E-state index in [1.54, 1.807) is 6.92 Å². The standard InChI is InChI=1S/C5H5.C3H4.CO.CH3.W/c1-2-4-5-3-1;1-3-2;1-2;;/h1-5H;1H,2H3;;1H3;/q;;;-1;.